The van der Waals surface area contributed by atoms with Gasteiger partial charge in [-0.05, 0) is 88.6 Å². The van der Waals surface area contributed by atoms with Gasteiger partial charge >= 0.3 is 0 Å². The molecule has 0 aromatic heterocycles. The van der Waals surface area contributed by atoms with Crippen LogP contribution in [-0.2, 0) is 0 Å². The Kier molecular flexibility index (Phi) is 7.96. The molecule has 4 aromatic rings. The fraction of sp³-hybridized carbons (Fsp3) is 0.182. The standard InChI is InChI=1S/C33H33N3O3/c1-19-10-13-27(22(4)16-19)34-31(37)25-8-7-9-26(32(38)35-28-14-11-20(2)17-23(28)5)30(25)33(39)36-29-15-12-21(3)18-24(29)6/h7-18H,1-6H3,(H,34,37)(H,35,38)(H,36,39). The Morgan fingerprint density at radius 2 is 0.795 bits per heavy atom. The molecule has 4 aromatic carbocycles. The molecule has 0 unspecified atom stereocenters. The number of aryl methyl sites for hydroxylation is 6. The van der Waals surface area contributed by atoms with E-state index < -0.39 is 17.7 Å². The number of carbonyl (C=O) groups is 3. The molecule has 0 fully saturated rings. The Morgan fingerprint density at radius 1 is 0.462 bits per heavy atom. The molecule has 6 heteroatoms. The first-order valence-electron chi connectivity index (χ1n) is 12.8. The second kappa shape index (κ2) is 11.4. The predicted octanol–water partition coefficient (Wildman–Crippen LogP) is 7.29. The van der Waals surface area contributed by atoms with Crippen molar-refractivity contribution in [3.05, 3.63) is 123 Å². The average molecular weight is 520 g/mol. The summed E-state index contributed by atoms with van der Waals surface area (Å²) in [5.41, 5.74) is 7.96. The molecule has 0 bridgehead atoms. The Bertz CT molecular complexity index is 1520. The number of rotatable bonds is 6. The van der Waals surface area contributed by atoms with Crippen LogP contribution in [-0.4, -0.2) is 17.7 Å². The maximum absolute atomic E-state index is 13.8. The van der Waals surface area contributed by atoms with Gasteiger partial charge in [0.15, 0.2) is 0 Å². The van der Waals surface area contributed by atoms with E-state index in [1.165, 1.54) is 0 Å². The van der Waals surface area contributed by atoms with Crippen LogP contribution >= 0.6 is 0 Å². The summed E-state index contributed by atoms with van der Waals surface area (Å²) in [6, 6.07) is 21.8. The first-order valence-corrected chi connectivity index (χ1v) is 12.8. The number of benzene rings is 4. The molecule has 0 saturated carbocycles. The van der Waals surface area contributed by atoms with Gasteiger partial charge in [0, 0.05) is 17.1 Å². The summed E-state index contributed by atoms with van der Waals surface area (Å²) in [7, 11) is 0. The number of hydrogen-bond acceptors (Lipinski definition) is 3. The van der Waals surface area contributed by atoms with Gasteiger partial charge in [0.25, 0.3) is 17.7 Å². The molecule has 198 valence electrons. The largest absolute Gasteiger partial charge is 0.322 e. The third kappa shape index (κ3) is 6.24. The zero-order chi connectivity index (χ0) is 28.3. The van der Waals surface area contributed by atoms with E-state index in [0.29, 0.717) is 17.1 Å². The first kappa shape index (κ1) is 27.3. The van der Waals surface area contributed by atoms with Crippen molar-refractivity contribution in [2.75, 3.05) is 16.0 Å². The van der Waals surface area contributed by atoms with Crippen LogP contribution in [0.15, 0.2) is 72.8 Å². The van der Waals surface area contributed by atoms with Gasteiger partial charge in [-0.3, -0.25) is 14.4 Å². The van der Waals surface area contributed by atoms with Crippen LogP contribution in [0.4, 0.5) is 17.1 Å². The van der Waals surface area contributed by atoms with E-state index in [4.69, 9.17) is 0 Å². The second-order valence-corrected chi connectivity index (χ2v) is 10.0. The summed E-state index contributed by atoms with van der Waals surface area (Å²) < 4.78 is 0. The molecule has 3 N–H and O–H groups in total. The molecule has 0 heterocycles. The Labute approximate surface area is 229 Å². The smallest absolute Gasteiger partial charge is 0.257 e. The summed E-state index contributed by atoms with van der Waals surface area (Å²) in [5.74, 6) is -1.50. The maximum Gasteiger partial charge on any atom is 0.257 e. The van der Waals surface area contributed by atoms with Gasteiger partial charge in [0.2, 0.25) is 0 Å². The molecule has 0 atom stereocenters. The van der Waals surface area contributed by atoms with Crippen LogP contribution in [0.25, 0.3) is 0 Å². The first-order chi connectivity index (χ1) is 18.5. The molecule has 0 aliphatic heterocycles. The maximum atomic E-state index is 13.8. The van der Waals surface area contributed by atoms with Crippen LogP contribution in [0.5, 0.6) is 0 Å². The second-order valence-electron chi connectivity index (χ2n) is 10.0. The molecule has 6 nitrogen and oxygen atoms in total. The lowest BCUT2D eigenvalue weighted by Crippen LogP contribution is -2.26. The van der Waals surface area contributed by atoms with Gasteiger partial charge in [-0.15, -0.1) is 0 Å². The van der Waals surface area contributed by atoms with Crippen molar-refractivity contribution in [3.63, 3.8) is 0 Å². The highest BCUT2D eigenvalue weighted by molar-refractivity contribution is 6.21. The van der Waals surface area contributed by atoms with Crippen LogP contribution in [0, 0.1) is 41.5 Å². The summed E-state index contributed by atoms with van der Waals surface area (Å²) >= 11 is 0. The highest BCUT2D eigenvalue weighted by Crippen LogP contribution is 2.25. The average Bonchev–Trinajstić information content (AvgIpc) is 2.88. The molecule has 0 spiro atoms. The quantitative estimate of drug-likeness (QED) is 0.250. The summed E-state index contributed by atoms with van der Waals surface area (Å²) in [5, 5.41) is 8.74. The Morgan fingerprint density at radius 3 is 1.13 bits per heavy atom. The molecule has 39 heavy (non-hydrogen) atoms. The number of hydrogen-bond donors (Lipinski definition) is 3. The lowest BCUT2D eigenvalue weighted by Gasteiger charge is -2.17. The zero-order valence-electron chi connectivity index (χ0n) is 23.2. The highest BCUT2D eigenvalue weighted by Gasteiger charge is 2.25. The lowest BCUT2D eigenvalue weighted by molar-refractivity contribution is 0.0978. The van der Waals surface area contributed by atoms with Crippen LogP contribution in [0.2, 0.25) is 0 Å². The van der Waals surface area contributed by atoms with Crippen molar-refractivity contribution < 1.29 is 14.4 Å². The molecule has 3 amide bonds. The van der Waals surface area contributed by atoms with Crippen molar-refractivity contribution in [1.29, 1.82) is 0 Å². The van der Waals surface area contributed by atoms with Crippen molar-refractivity contribution >= 4 is 34.8 Å². The minimum atomic E-state index is -0.542. The Hall–Kier alpha value is -4.71. The third-order valence-electron chi connectivity index (χ3n) is 6.67. The van der Waals surface area contributed by atoms with Crippen molar-refractivity contribution in [2.45, 2.75) is 41.5 Å². The van der Waals surface area contributed by atoms with E-state index in [1.807, 2.05) is 96.1 Å². The molecule has 0 aliphatic carbocycles. The van der Waals surface area contributed by atoms with Crippen LogP contribution in [0.1, 0.15) is 64.5 Å². The molecule has 0 aliphatic rings. The SMILES string of the molecule is Cc1ccc(NC(=O)c2cccc(C(=O)Nc3ccc(C)cc3C)c2C(=O)Nc2ccc(C)cc2C)c(C)c1. The van der Waals surface area contributed by atoms with E-state index in [1.54, 1.807) is 18.2 Å². The van der Waals surface area contributed by atoms with Crippen molar-refractivity contribution in [3.8, 4) is 0 Å². The molecular weight excluding hydrogens is 486 g/mol. The minimum absolute atomic E-state index is 0.00186. The van der Waals surface area contributed by atoms with E-state index in [0.717, 1.165) is 33.4 Å². The van der Waals surface area contributed by atoms with E-state index >= 15 is 0 Å². The highest BCUT2D eigenvalue weighted by atomic mass is 16.2. The predicted molar refractivity (Wildman–Crippen MR) is 158 cm³/mol. The van der Waals surface area contributed by atoms with Gasteiger partial charge in [0.1, 0.15) is 0 Å². The number of anilines is 3. The van der Waals surface area contributed by atoms with Gasteiger partial charge in [-0.1, -0.05) is 59.2 Å². The fourth-order valence-corrected chi connectivity index (χ4v) is 4.60. The number of nitrogens with one attached hydrogen (secondary N) is 3. The summed E-state index contributed by atoms with van der Waals surface area (Å²) in [6.45, 7) is 11.6. The van der Waals surface area contributed by atoms with Gasteiger partial charge in [-0.2, -0.15) is 0 Å². The summed E-state index contributed by atoms with van der Waals surface area (Å²) in [4.78, 5) is 40.8. The topological polar surface area (TPSA) is 87.3 Å². The molecule has 0 radical (unpaired) electrons. The Balaban J connectivity index is 1.76. The van der Waals surface area contributed by atoms with E-state index in [9.17, 15) is 14.4 Å². The van der Waals surface area contributed by atoms with Gasteiger partial charge in [0.05, 0.1) is 16.7 Å². The van der Waals surface area contributed by atoms with Gasteiger partial charge < -0.3 is 16.0 Å². The lowest BCUT2D eigenvalue weighted by atomic mass is 9.97. The molecule has 0 saturated heterocycles. The molecular formula is C33H33N3O3. The normalized spacial score (nSPS) is 10.6. The van der Waals surface area contributed by atoms with Crippen LogP contribution in [0.3, 0.4) is 0 Å². The van der Waals surface area contributed by atoms with Crippen LogP contribution < -0.4 is 16.0 Å². The zero-order valence-corrected chi connectivity index (χ0v) is 23.2. The van der Waals surface area contributed by atoms with Crippen molar-refractivity contribution in [1.82, 2.24) is 0 Å². The fourth-order valence-electron chi connectivity index (χ4n) is 4.60. The van der Waals surface area contributed by atoms with E-state index in [2.05, 4.69) is 16.0 Å². The number of carbonyl (C=O) groups excluding carboxylic acids is 3. The number of amides is 3. The van der Waals surface area contributed by atoms with Crippen molar-refractivity contribution in [2.24, 2.45) is 0 Å². The van der Waals surface area contributed by atoms with E-state index in [-0.39, 0.29) is 16.7 Å². The minimum Gasteiger partial charge on any atom is -0.322 e. The molecule has 4 rings (SSSR count). The monoisotopic (exact) mass is 519 g/mol. The summed E-state index contributed by atoms with van der Waals surface area (Å²) in [6.07, 6.45) is 0. The van der Waals surface area contributed by atoms with Gasteiger partial charge in [-0.25, -0.2) is 0 Å². The third-order valence-corrected chi connectivity index (χ3v) is 6.67.